The highest BCUT2D eigenvalue weighted by Crippen LogP contribution is 2.23. The molecule has 2 rings (SSSR count). The zero-order chi connectivity index (χ0) is 30.9. The van der Waals surface area contributed by atoms with Crippen LogP contribution in [0.15, 0.2) is 12.3 Å². The summed E-state index contributed by atoms with van der Waals surface area (Å²) < 4.78 is 34.5. The van der Waals surface area contributed by atoms with E-state index < -0.39 is 52.6 Å². The van der Waals surface area contributed by atoms with Crippen molar-refractivity contribution in [2.75, 3.05) is 0 Å². The zero-order valence-corrected chi connectivity index (χ0v) is 33.0. The Morgan fingerprint density at radius 2 is 1.17 bits per heavy atom. The van der Waals surface area contributed by atoms with Gasteiger partial charge in [0.05, 0.1) is 0 Å². The Bertz CT molecular complexity index is 507. The van der Waals surface area contributed by atoms with Crippen LogP contribution in [0.1, 0.15) is 64.7 Å². The van der Waals surface area contributed by atoms with Crippen molar-refractivity contribution in [3.8, 4) is 0 Å². The Morgan fingerprint density at radius 3 is 1.42 bits per heavy atom. The first kappa shape index (κ1) is 39.2. The van der Waals surface area contributed by atoms with Crippen LogP contribution in [0.25, 0.3) is 0 Å². The Kier molecular flexibility index (Phi) is 24.8. The first-order chi connectivity index (χ1) is 17.5. The fraction of sp³-hybridized carbons (Fsp3) is 0.917. The molecule has 0 heterocycles. The molecule has 4 nitrogen and oxygen atoms in total. The minimum Gasteiger partial charge on any atom is -0.440 e. The molecule has 2 saturated carbocycles. The van der Waals surface area contributed by atoms with Gasteiger partial charge in [-0.1, -0.05) is 70.4 Å². The quantitative estimate of drug-likeness (QED) is 0.239. The summed E-state index contributed by atoms with van der Waals surface area (Å²) >= 11 is 0. The van der Waals surface area contributed by atoms with Crippen LogP contribution in [0.3, 0.4) is 0 Å². The van der Waals surface area contributed by atoms with E-state index >= 15 is 0 Å². The standard InChI is InChI=1S/C10H28O2Si3.C6H18O2Si3.2C4H8.2BH/c1-9-10-14(5,6)12-15(7,8)11-13(2,3)4;1-6-9-7-11(4,5)8-10(2)3;2*1-2-4-3-1;;/h9-10H2,1-8H3;6,10H,1,9H2,2-5H3;2*1-4H2;2*1H/i;;;;2*1D. The Morgan fingerprint density at radius 1 is 0.778 bits per heavy atom. The Hall–Kier alpha value is 1.01. The van der Waals surface area contributed by atoms with Gasteiger partial charge in [0.2, 0.25) is 0 Å². The van der Waals surface area contributed by atoms with Gasteiger partial charge in [-0.25, -0.2) is 0 Å². The van der Waals surface area contributed by atoms with E-state index in [0.29, 0.717) is 0 Å². The predicted molar refractivity (Wildman–Crippen MR) is 184 cm³/mol. The van der Waals surface area contributed by atoms with Gasteiger partial charge in [-0.3, -0.25) is 0 Å². The largest absolute Gasteiger partial charge is 0.440 e. The fourth-order valence-electron chi connectivity index (χ4n) is 3.44. The van der Waals surface area contributed by atoms with E-state index in [0.717, 1.165) is 0 Å². The van der Waals surface area contributed by atoms with E-state index in [9.17, 15) is 0 Å². The van der Waals surface area contributed by atoms with Crippen molar-refractivity contribution < 1.29 is 16.5 Å². The van der Waals surface area contributed by atoms with Gasteiger partial charge in [-0.05, 0) is 80.7 Å². The molecule has 0 N–H and O–H groups in total. The summed E-state index contributed by atoms with van der Waals surface area (Å²) in [6.07, 6.45) is 13.2. The van der Waals surface area contributed by atoms with Crippen molar-refractivity contribution in [1.29, 1.82) is 2.67 Å². The van der Waals surface area contributed by atoms with Crippen LogP contribution in [0, 0.1) is 0 Å². The maximum absolute atomic E-state index is 6.33. The van der Waals surface area contributed by atoms with E-state index in [1.165, 1.54) is 63.8 Å². The molecule has 0 aliphatic heterocycles. The first-order valence-electron chi connectivity index (χ1n) is 14.9. The molecule has 0 aromatic rings. The number of hydrogen-bond donors (Lipinski definition) is 0. The Balaban J connectivity index is -0.000000216. The molecule has 0 unspecified atom stereocenters. The summed E-state index contributed by atoms with van der Waals surface area (Å²) in [7, 11) is -0.475. The molecule has 0 aromatic carbocycles. The van der Waals surface area contributed by atoms with Crippen LogP contribution in [-0.4, -0.2) is 72.0 Å². The maximum atomic E-state index is 6.33. The minimum atomic E-state index is -1.89. The lowest BCUT2D eigenvalue weighted by atomic mass is 10.0. The van der Waals surface area contributed by atoms with E-state index in [2.05, 4.69) is 102 Å². The summed E-state index contributed by atoms with van der Waals surface area (Å²) in [6.45, 7) is 30.1. The predicted octanol–water partition coefficient (Wildman–Crippen LogP) is 6.93. The molecule has 0 aromatic heterocycles. The molecule has 12 heteroatoms. The van der Waals surface area contributed by atoms with Gasteiger partial charge in [0.25, 0.3) is 0 Å². The third-order valence-electron chi connectivity index (χ3n) is 4.99. The van der Waals surface area contributed by atoms with Gasteiger partial charge in [0.1, 0.15) is 0 Å². The van der Waals surface area contributed by atoms with Gasteiger partial charge >= 0.3 is 17.1 Å². The van der Waals surface area contributed by atoms with Crippen molar-refractivity contribution >= 4 is 69.3 Å². The molecule has 2 aliphatic rings. The van der Waals surface area contributed by atoms with Gasteiger partial charge in [0.15, 0.2) is 35.4 Å². The van der Waals surface area contributed by atoms with Gasteiger partial charge in [0, 0.05) is 16.8 Å². The third kappa shape index (κ3) is 33.0. The molecular weight excluding hydrogens is 542 g/mol. The second kappa shape index (κ2) is 22.8. The van der Waals surface area contributed by atoms with Gasteiger partial charge in [-0.2, -0.15) is 0 Å². The average Bonchev–Trinajstić information content (AvgIpc) is 2.63. The summed E-state index contributed by atoms with van der Waals surface area (Å²) in [5.74, 6) is 0. The van der Waals surface area contributed by atoms with Crippen molar-refractivity contribution in [2.24, 2.45) is 0 Å². The monoisotopic (exact) mass is 608 g/mol. The number of hydrogen-bond acceptors (Lipinski definition) is 4. The lowest BCUT2D eigenvalue weighted by Crippen LogP contribution is -2.51. The third-order valence-corrected chi connectivity index (χ3v) is 23.1. The highest BCUT2D eigenvalue weighted by atomic mass is 28.5. The summed E-state index contributed by atoms with van der Waals surface area (Å²) in [6, 6.07) is 1.23. The van der Waals surface area contributed by atoms with Crippen molar-refractivity contribution in [3.05, 3.63) is 12.3 Å². The van der Waals surface area contributed by atoms with E-state index in [4.69, 9.17) is 19.1 Å². The smallest absolute Gasteiger partial charge is 0.311 e. The molecule has 4 radical (unpaired) electrons. The summed E-state index contributed by atoms with van der Waals surface area (Å²) in [4.78, 5) is 0. The zero-order valence-electron chi connectivity index (χ0n) is 28.4. The van der Waals surface area contributed by atoms with Crippen LogP contribution < -0.4 is 0 Å². The molecule has 0 bridgehead atoms. The van der Waals surface area contributed by atoms with Gasteiger partial charge in [-0.15, -0.1) is 6.58 Å². The molecule has 36 heavy (non-hydrogen) atoms. The molecule has 0 spiro atoms. The van der Waals surface area contributed by atoms with Crippen LogP contribution in [0.5, 0.6) is 0 Å². The Labute approximate surface area is 242 Å². The van der Waals surface area contributed by atoms with Crippen molar-refractivity contribution in [3.63, 3.8) is 0 Å². The van der Waals surface area contributed by atoms with Crippen molar-refractivity contribution in [1.82, 2.24) is 0 Å². The molecular formula is C24H64B2O4Si6. The van der Waals surface area contributed by atoms with Crippen LogP contribution in [0.4, 0.5) is 0 Å². The first-order valence-corrected chi connectivity index (χ1v) is 30.1. The van der Waals surface area contributed by atoms with Crippen LogP contribution in [0.2, 0.25) is 78.1 Å². The fourth-order valence-corrected chi connectivity index (χ4v) is 24.3. The summed E-state index contributed by atoms with van der Waals surface area (Å²) in [5, 5.41) is 0. The second-order valence-electron chi connectivity index (χ2n) is 12.2. The van der Waals surface area contributed by atoms with E-state index in [-0.39, 0.29) is 0 Å². The normalized spacial score (nSPS) is 15.7. The topological polar surface area (TPSA) is 36.9 Å². The number of rotatable bonds is 11. The van der Waals surface area contributed by atoms with E-state index in [1.807, 2.05) is 5.70 Å². The van der Waals surface area contributed by atoms with Crippen LogP contribution in [-0.2, 0) is 16.5 Å². The lowest BCUT2D eigenvalue weighted by molar-refractivity contribution is 0.391. The van der Waals surface area contributed by atoms with Crippen molar-refractivity contribution in [2.45, 2.75) is 143 Å². The molecule has 0 saturated heterocycles. The average molecular weight is 609 g/mol. The highest BCUT2D eigenvalue weighted by molar-refractivity contribution is 6.87. The van der Waals surface area contributed by atoms with Crippen LogP contribution >= 0.6 is 0 Å². The lowest BCUT2D eigenvalue weighted by Gasteiger charge is -2.37. The molecule has 0 atom stereocenters. The minimum absolute atomic E-state index is 0.503. The molecule has 214 valence electrons. The highest BCUT2D eigenvalue weighted by Gasteiger charge is 2.37. The molecule has 0 amide bonds. The molecule has 2 aliphatic carbocycles. The van der Waals surface area contributed by atoms with E-state index in [1.54, 1.807) is 0 Å². The van der Waals surface area contributed by atoms with Gasteiger partial charge < -0.3 is 16.5 Å². The summed E-state index contributed by atoms with van der Waals surface area (Å²) in [5.41, 5.74) is 1.90. The maximum Gasteiger partial charge on any atom is 0.311 e. The SMILES string of the molecule is C1CCC1.C1CCC1.C=C[SiH2]O[Si](C)(C)O[SiH](C)C.CCC[Si](C)(C)O[Si](C)(C)O[Si](C)(C)C.[2H][B].[2H][B]. The molecule has 2 fully saturated rings. The second-order valence-corrected chi connectivity index (χ2v) is 32.8.